The molecule has 0 aliphatic heterocycles. The number of aryl methyl sites for hydroxylation is 1. The van der Waals surface area contributed by atoms with Crippen molar-refractivity contribution in [3.63, 3.8) is 0 Å². The maximum Gasteiger partial charge on any atom is 0.411 e. The molecule has 2 N–H and O–H groups in total. The SMILES string of the molecule is CN(C(=O)c1nn(C)cc1NC(=O)OCC1c2ccccc2-c2ccccc21)C1(C(=O)O)CCC1. The Balaban J connectivity index is 1.31. The standard InChI is InChI=1S/C26H26N4O5/c1-29-14-21(22(28-29)23(31)30(2)26(24(32)33)12-7-13-26)27-25(34)35-15-20-18-10-5-3-8-16(18)17-9-4-6-11-19(17)20/h3-6,8-11,14,20H,7,12-13,15H2,1-2H3,(H,27,34)(H,32,33). The van der Waals surface area contributed by atoms with Crippen LogP contribution >= 0.6 is 0 Å². The molecule has 1 heterocycles. The molecule has 1 saturated carbocycles. The zero-order valence-electron chi connectivity index (χ0n) is 19.5. The number of carboxylic acids is 1. The third kappa shape index (κ3) is 3.73. The summed E-state index contributed by atoms with van der Waals surface area (Å²) in [6.07, 6.45) is 2.28. The Morgan fingerprint density at radius 3 is 2.26 bits per heavy atom. The first-order valence-electron chi connectivity index (χ1n) is 11.5. The quantitative estimate of drug-likeness (QED) is 0.561. The van der Waals surface area contributed by atoms with E-state index in [-0.39, 0.29) is 23.9 Å². The van der Waals surface area contributed by atoms with E-state index < -0.39 is 23.5 Å². The average Bonchev–Trinajstić information content (AvgIpc) is 3.33. The van der Waals surface area contributed by atoms with Crippen molar-refractivity contribution in [2.75, 3.05) is 19.0 Å². The van der Waals surface area contributed by atoms with Gasteiger partial charge in [-0.3, -0.25) is 14.8 Å². The van der Waals surface area contributed by atoms with E-state index in [9.17, 15) is 19.5 Å². The molecule has 0 saturated heterocycles. The largest absolute Gasteiger partial charge is 0.479 e. The van der Waals surface area contributed by atoms with E-state index in [1.807, 2.05) is 36.4 Å². The van der Waals surface area contributed by atoms with Crippen LogP contribution in [0.5, 0.6) is 0 Å². The number of hydrogen-bond acceptors (Lipinski definition) is 5. The summed E-state index contributed by atoms with van der Waals surface area (Å²) < 4.78 is 6.98. The van der Waals surface area contributed by atoms with Crippen LogP contribution in [0.3, 0.4) is 0 Å². The summed E-state index contributed by atoms with van der Waals surface area (Å²) in [5.74, 6) is -1.70. The molecule has 0 bridgehead atoms. The summed E-state index contributed by atoms with van der Waals surface area (Å²) in [7, 11) is 3.08. The summed E-state index contributed by atoms with van der Waals surface area (Å²) in [5.41, 5.74) is 3.35. The molecule has 2 aliphatic carbocycles. The summed E-state index contributed by atoms with van der Waals surface area (Å²) in [6, 6.07) is 16.1. The Morgan fingerprint density at radius 2 is 1.71 bits per heavy atom. The van der Waals surface area contributed by atoms with Crippen LogP contribution in [0, 0.1) is 0 Å². The number of fused-ring (bicyclic) bond motifs is 3. The zero-order chi connectivity index (χ0) is 24.7. The number of carboxylic acid groups (broad SMARTS) is 1. The highest BCUT2D eigenvalue weighted by Crippen LogP contribution is 2.44. The van der Waals surface area contributed by atoms with Crippen LogP contribution in [0.15, 0.2) is 54.7 Å². The number of carbonyl (C=O) groups is 3. The van der Waals surface area contributed by atoms with Gasteiger partial charge in [-0.2, -0.15) is 5.10 Å². The van der Waals surface area contributed by atoms with Gasteiger partial charge in [0.05, 0.1) is 5.69 Å². The molecule has 9 nitrogen and oxygen atoms in total. The molecule has 0 unspecified atom stereocenters. The lowest BCUT2D eigenvalue weighted by Crippen LogP contribution is -2.59. The van der Waals surface area contributed by atoms with Gasteiger partial charge in [0.2, 0.25) is 0 Å². The number of ether oxygens (including phenoxy) is 1. The van der Waals surface area contributed by atoms with Crippen molar-refractivity contribution in [3.8, 4) is 11.1 Å². The van der Waals surface area contributed by atoms with E-state index >= 15 is 0 Å². The number of aromatic nitrogens is 2. The average molecular weight is 475 g/mol. The first kappa shape index (κ1) is 22.6. The number of benzene rings is 2. The van der Waals surface area contributed by atoms with Gasteiger partial charge in [-0.15, -0.1) is 0 Å². The third-order valence-corrected chi connectivity index (χ3v) is 7.14. The molecule has 2 aliphatic rings. The van der Waals surface area contributed by atoms with Gasteiger partial charge >= 0.3 is 12.1 Å². The number of anilines is 1. The van der Waals surface area contributed by atoms with Crippen molar-refractivity contribution in [1.29, 1.82) is 0 Å². The van der Waals surface area contributed by atoms with Crippen LogP contribution in [-0.2, 0) is 16.6 Å². The summed E-state index contributed by atoms with van der Waals surface area (Å²) in [6.45, 7) is 0.130. The van der Waals surface area contributed by atoms with E-state index in [1.54, 1.807) is 7.05 Å². The van der Waals surface area contributed by atoms with Gasteiger partial charge in [-0.25, -0.2) is 9.59 Å². The van der Waals surface area contributed by atoms with Crippen molar-refractivity contribution in [2.24, 2.45) is 7.05 Å². The summed E-state index contributed by atoms with van der Waals surface area (Å²) >= 11 is 0. The molecule has 180 valence electrons. The molecule has 35 heavy (non-hydrogen) atoms. The van der Waals surface area contributed by atoms with Gasteiger partial charge in [0, 0.05) is 26.2 Å². The lowest BCUT2D eigenvalue weighted by atomic mass is 9.75. The fraction of sp³-hybridized carbons (Fsp3) is 0.308. The Hall–Kier alpha value is -4.14. The minimum atomic E-state index is -1.24. The van der Waals surface area contributed by atoms with E-state index in [2.05, 4.69) is 22.5 Å². The zero-order valence-corrected chi connectivity index (χ0v) is 19.5. The van der Waals surface area contributed by atoms with Crippen molar-refractivity contribution in [3.05, 3.63) is 71.5 Å². The molecule has 0 atom stereocenters. The number of amides is 2. The summed E-state index contributed by atoms with van der Waals surface area (Å²) in [4.78, 5) is 38.9. The van der Waals surface area contributed by atoms with Gasteiger partial charge in [0.1, 0.15) is 12.1 Å². The first-order valence-corrected chi connectivity index (χ1v) is 11.5. The topological polar surface area (TPSA) is 114 Å². The molecule has 1 aromatic heterocycles. The molecule has 3 aromatic rings. The van der Waals surface area contributed by atoms with Crippen molar-refractivity contribution in [2.45, 2.75) is 30.7 Å². The van der Waals surface area contributed by atoms with Crippen molar-refractivity contribution >= 4 is 23.7 Å². The minimum absolute atomic E-state index is 0.0315. The Labute approximate surface area is 202 Å². The second-order valence-corrected chi connectivity index (χ2v) is 9.07. The van der Waals surface area contributed by atoms with Crippen LogP contribution in [0.2, 0.25) is 0 Å². The lowest BCUT2D eigenvalue weighted by molar-refractivity contribution is -0.154. The second-order valence-electron chi connectivity index (χ2n) is 9.07. The normalized spacial score (nSPS) is 15.5. The molecule has 0 radical (unpaired) electrons. The molecular weight excluding hydrogens is 448 g/mol. The van der Waals surface area contributed by atoms with E-state index in [0.717, 1.165) is 28.7 Å². The van der Waals surface area contributed by atoms with Crippen molar-refractivity contribution < 1.29 is 24.2 Å². The fourth-order valence-corrected chi connectivity index (χ4v) is 5.04. The van der Waals surface area contributed by atoms with Gasteiger partial charge in [-0.1, -0.05) is 48.5 Å². The molecule has 5 rings (SSSR count). The Kier molecular flexibility index (Phi) is 5.55. The minimum Gasteiger partial charge on any atom is -0.479 e. The fourth-order valence-electron chi connectivity index (χ4n) is 5.04. The molecular formula is C26H26N4O5. The van der Waals surface area contributed by atoms with Crippen LogP contribution < -0.4 is 5.32 Å². The predicted octanol–water partition coefficient (Wildman–Crippen LogP) is 3.86. The number of likely N-dealkylation sites (N-methyl/N-ethyl adjacent to an activating group) is 1. The number of aliphatic carboxylic acids is 1. The van der Waals surface area contributed by atoms with Gasteiger partial charge in [0.25, 0.3) is 5.91 Å². The first-order chi connectivity index (χ1) is 16.8. The van der Waals surface area contributed by atoms with Crippen LogP contribution in [0.4, 0.5) is 10.5 Å². The highest BCUT2D eigenvalue weighted by molar-refractivity contribution is 6.03. The third-order valence-electron chi connectivity index (χ3n) is 7.14. The molecule has 0 spiro atoms. The number of nitrogens with one attached hydrogen (secondary N) is 1. The Morgan fingerprint density at radius 1 is 1.11 bits per heavy atom. The van der Waals surface area contributed by atoms with E-state index in [1.165, 1.54) is 22.8 Å². The smallest absolute Gasteiger partial charge is 0.411 e. The van der Waals surface area contributed by atoms with Crippen molar-refractivity contribution in [1.82, 2.24) is 14.7 Å². The van der Waals surface area contributed by atoms with Gasteiger partial charge in [-0.05, 0) is 41.5 Å². The molecule has 2 aromatic carbocycles. The highest BCUT2D eigenvalue weighted by Gasteiger charge is 2.50. The van der Waals surface area contributed by atoms with Gasteiger partial charge in [0.15, 0.2) is 5.69 Å². The molecule has 9 heteroatoms. The second kappa shape index (κ2) is 8.57. The van der Waals surface area contributed by atoms with Gasteiger partial charge < -0.3 is 14.7 Å². The number of rotatable bonds is 6. The molecule has 1 fully saturated rings. The maximum atomic E-state index is 13.1. The molecule has 2 amide bonds. The van der Waals surface area contributed by atoms with E-state index in [0.29, 0.717) is 12.8 Å². The van der Waals surface area contributed by atoms with E-state index in [4.69, 9.17) is 4.74 Å². The monoisotopic (exact) mass is 474 g/mol. The Bertz CT molecular complexity index is 1280. The lowest BCUT2D eigenvalue weighted by Gasteiger charge is -2.44. The van der Waals surface area contributed by atoms with Crippen LogP contribution in [0.1, 0.15) is 46.8 Å². The predicted molar refractivity (Wildman–Crippen MR) is 128 cm³/mol. The highest BCUT2D eigenvalue weighted by atomic mass is 16.5. The maximum absolute atomic E-state index is 13.1. The number of nitrogens with zero attached hydrogens (tertiary/aromatic N) is 3. The van der Waals surface area contributed by atoms with Crippen LogP contribution in [0.25, 0.3) is 11.1 Å². The summed E-state index contributed by atoms with van der Waals surface area (Å²) in [5, 5.41) is 16.5. The van der Waals surface area contributed by atoms with Crippen LogP contribution in [-0.4, -0.2) is 57.0 Å². The number of carbonyl (C=O) groups excluding carboxylic acids is 2. The number of hydrogen-bond donors (Lipinski definition) is 2.